The summed E-state index contributed by atoms with van der Waals surface area (Å²) in [5.41, 5.74) is 0. The monoisotopic (exact) mass is 290 g/mol. The number of aliphatic carboxylic acids is 1. The Morgan fingerprint density at radius 3 is 2.71 bits per heavy atom. The summed E-state index contributed by atoms with van der Waals surface area (Å²) < 4.78 is 0. The van der Waals surface area contributed by atoms with Crippen molar-refractivity contribution in [1.29, 1.82) is 0 Å². The topological polar surface area (TPSA) is 37.3 Å². The smallest absolute Gasteiger partial charge is 0.303 e. The molecule has 0 aromatic carbocycles. The van der Waals surface area contributed by atoms with Crippen LogP contribution in [0, 0.1) is 11.8 Å². The van der Waals surface area contributed by atoms with Crippen LogP contribution in [0.5, 0.6) is 0 Å². The maximum absolute atomic E-state index is 10.4. The van der Waals surface area contributed by atoms with Crippen molar-refractivity contribution < 1.29 is 9.90 Å². The van der Waals surface area contributed by atoms with Crippen LogP contribution in [-0.4, -0.2) is 11.1 Å². The van der Waals surface area contributed by atoms with Crippen LogP contribution in [0.1, 0.15) is 64.7 Å². The fourth-order valence-corrected chi connectivity index (χ4v) is 3.08. The third kappa shape index (κ3) is 8.54. The molecule has 2 unspecified atom stereocenters. The second-order valence-corrected chi connectivity index (χ2v) is 5.95. The molecule has 1 fully saturated rings. The molecule has 1 N–H and O–H groups in total. The largest absolute Gasteiger partial charge is 0.481 e. The summed E-state index contributed by atoms with van der Waals surface area (Å²) in [4.78, 5) is 10.4. The van der Waals surface area contributed by atoms with Crippen molar-refractivity contribution >= 4 is 5.97 Å². The van der Waals surface area contributed by atoms with Crippen LogP contribution in [0.2, 0.25) is 0 Å². The third-order valence-corrected chi connectivity index (χ3v) is 4.27. The summed E-state index contributed by atoms with van der Waals surface area (Å²) in [6, 6.07) is 0. The number of carboxylic acid groups (broad SMARTS) is 1. The third-order valence-electron chi connectivity index (χ3n) is 4.27. The van der Waals surface area contributed by atoms with Crippen molar-refractivity contribution in [2.45, 2.75) is 64.7 Å². The molecule has 21 heavy (non-hydrogen) atoms. The minimum atomic E-state index is -0.704. The Morgan fingerprint density at radius 1 is 1.14 bits per heavy atom. The lowest BCUT2D eigenvalue weighted by Crippen LogP contribution is -2.17. The zero-order valence-corrected chi connectivity index (χ0v) is 13.3. The van der Waals surface area contributed by atoms with Gasteiger partial charge in [0.05, 0.1) is 0 Å². The number of carboxylic acids is 1. The van der Waals surface area contributed by atoms with Crippen molar-refractivity contribution in [2.24, 2.45) is 11.8 Å². The van der Waals surface area contributed by atoms with Crippen molar-refractivity contribution in [3.05, 3.63) is 36.5 Å². The molecule has 0 aliphatic heterocycles. The predicted octanol–water partition coefficient (Wildman–Crippen LogP) is 5.52. The first-order chi connectivity index (χ1) is 10.2. The van der Waals surface area contributed by atoms with E-state index in [-0.39, 0.29) is 6.42 Å². The highest BCUT2D eigenvalue weighted by Crippen LogP contribution is 2.34. The van der Waals surface area contributed by atoms with E-state index in [0.29, 0.717) is 0 Å². The van der Waals surface area contributed by atoms with Gasteiger partial charge < -0.3 is 5.11 Å². The number of carbonyl (C=O) groups is 1. The fourth-order valence-electron chi connectivity index (χ4n) is 3.08. The summed E-state index contributed by atoms with van der Waals surface area (Å²) in [5, 5.41) is 8.56. The van der Waals surface area contributed by atoms with Gasteiger partial charge in [0.15, 0.2) is 0 Å². The molecule has 1 rings (SSSR count). The lowest BCUT2D eigenvalue weighted by Gasteiger charge is -2.29. The maximum Gasteiger partial charge on any atom is 0.303 e. The van der Waals surface area contributed by atoms with E-state index in [2.05, 4.69) is 43.4 Å². The van der Waals surface area contributed by atoms with E-state index in [0.717, 1.165) is 24.7 Å². The van der Waals surface area contributed by atoms with E-state index >= 15 is 0 Å². The second-order valence-electron chi connectivity index (χ2n) is 5.95. The van der Waals surface area contributed by atoms with Gasteiger partial charge in [0.25, 0.3) is 0 Å². The van der Waals surface area contributed by atoms with E-state index in [1.165, 1.54) is 38.5 Å². The van der Waals surface area contributed by atoms with Crippen molar-refractivity contribution in [2.75, 3.05) is 0 Å². The molecule has 0 aromatic heterocycles. The summed E-state index contributed by atoms with van der Waals surface area (Å²) >= 11 is 0. The highest BCUT2D eigenvalue weighted by atomic mass is 16.4. The fraction of sp³-hybridized carbons (Fsp3) is 0.632. The molecule has 2 nitrogen and oxygen atoms in total. The summed E-state index contributed by atoms with van der Waals surface area (Å²) in [5.74, 6) is 0.865. The Bertz CT molecular complexity index is 366. The SMILES string of the molecule is C/C=C/CCC1CCCCC1/C=C/C=C/CCCC(=O)O. The predicted molar refractivity (Wildman–Crippen MR) is 89.3 cm³/mol. The molecular formula is C19H30O2. The Kier molecular flexibility index (Phi) is 9.60. The van der Waals surface area contributed by atoms with Crippen LogP contribution in [0.15, 0.2) is 36.5 Å². The van der Waals surface area contributed by atoms with Crippen molar-refractivity contribution in [3.8, 4) is 0 Å². The lowest BCUT2D eigenvalue weighted by molar-refractivity contribution is -0.137. The number of rotatable bonds is 9. The average Bonchev–Trinajstić information content (AvgIpc) is 2.47. The standard InChI is InChI=1S/C19H30O2/c1-2-3-7-12-17-14-10-11-15-18(17)13-8-5-4-6-9-16-19(20)21/h2-5,8,13,17-18H,6-7,9-12,14-16H2,1H3,(H,20,21)/b3-2+,5-4+,13-8+. The molecule has 0 bridgehead atoms. The number of unbranched alkanes of at least 4 members (excludes halogenated alkanes) is 1. The summed E-state index contributed by atoms with van der Waals surface area (Å²) in [7, 11) is 0. The van der Waals surface area contributed by atoms with Gasteiger partial charge in [0, 0.05) is 6.42 Å². The normalized spacial score (nSPS) is 23.5. The first kappa shape index (κ1) is 17.7. The molecule has 118 valence electrons. The number of allylic oxidation sites excluding steroid dienone is 6. The molecule has 0 spiro atoms. The van der Waals surface area contributed by atoms with Gasteiger partial charge >= 0.3 is 5.97 Å². The average molecular weight is 290 g/mol. The van der Waals surface area contributed by atoms with Crippen LogP contribution in [0.25, 0.3) is 0 Å². The number of hydrogen-bond acceptors (Lipinski definition) is 1. The van der Waals surface area contributed by atoms with E-state index in [9.17, 15) is 4.79 Å². The Hall–Kier alpha value is -1.31. The van der Waals surface area contributed by atoms with Crippen LogP contribution < -0.4 is 0 Å². The van der Waals surface area contributed by atoms with Gasteiger partial charge in [-0.2, -0.15) is 0 Å². The molecular weight excluding hydrogens is 260 g/mol. The van der Waals surface area contributed by atoms with Gasteiger partial charge in [0.2, 0.25) is 0 Å². The zero-order chi connectivity index (χ0) is 15.3. The molecule has 0 radical (unpaired) electrons. The molecule has 1 saturated carbocycles. The Morgan fingerprint density at radius 2 is 1.95 bits per heavy atom. The molecule has 0 saturated heterocycles. The molecule has 0 amide bonds. The molecule has 0 aromatic rings. The highest BCUT2D eigenvalue weighted by molar-refractivity contribution is 5.66. The summed E-state index contributed by atoms with van der Waals surface area (Å²) in [6.07, 6.45) is 22.9. The molecule has 1 aliphatic rings. The van der Waals surface area contributed by atoms with Gasteiger partial charge in [0.1, 0.15) is 0 Å². The first-order valence-electron chi connectivity index (χ1n) is 8.40. The minimum absolute atomic E-state index is 0.268. The lowest BCUT2D eigenvalue weighted by atomic mass is 9.77. The maximum atomic E-state index is 10.4. The number of hydrogen-bond donors (Lipinski definition) is 1. The van der Waals surface area contributed by atoms with Crippen LogP contribution >= 0.6 is 0 Å². The summed E-state index contributed by atoms with van der Waals surface area (Å²) in [6.45, 7) is 2.09. The van der Waals surface area contributed by atoms with Crippen LogP contribution in [0.4, 0.5) is 0 Å². The van der Waals surface area contributed by atoms with Gasteiger partial charge in [-0.3, -0.25) is 4.79 Å². The van der Waals surface area contributed by atoms with Crippen molar-refractivity contribution in [1.82, 2.24) is 0 Å². The molecule has 2 atom stereocenters. The first-order valence-corrected chi connectivity index (χ1v) is 8.40. The quantitative estimate of drug-likeness (QED) is 0.345. The second kappa shape index (κ2) is 11.4. The minimum Gasteiger partial charge on any atom is -0.481 e. The zero-order valence-electron chi connectivity index (χ0n) is 13.3. The Labute approximate surface area is 129 Å². The van der Waals surface area contributed by atoms with Gasteiger partial charge in [-0.1, -0.05) is 49.3 Å². The van der Waals surface area contributed by atoms with E-state index in [4.69, 9.17) is 5.11 Å². The van der Waals surface area contributed by atoms with E-state index < -0.39 is 5.97 Å². The van der Waals surface area contributed by atoms with Gasteiger partial charge in [-0.05, 0) is 57.3 Å². The highest BCUT2D eigenvalue weighted by Gasteiger charge is 2.21. The molecule has 1 aliphatic carbocycles. The van der Waals surface area contributed by atoms with Crippen LogP contribution in [-0.2, 0) is 4.79 Å². The van der Waals surface area contributed by atoms with Crippen LogP contribution in [0.3, 0.4) is 0 Å². The Balaban J connectivity index is 2.29. The van der Waals surface area contributed by atoms with Crippen molar-refractivity contribution in [3.63, 3.8) is 0 Å². The van der Waals surface area contributed by atoms with Gasteiger partial charge in [-0.25, -0.2) is 0 Å². The van der Waals surface area contributed by atoms with Gasteiger partial charge in [-0.15, -0.1) is 0 Å². The van der Waals surface area contributed by atoms with E-state index in [1.54, 1.807) is 0 Å². The molecule has 2 heteroatoms. The van der Waals surface area contributed by atoms with E-state index in [1.807, 2.05) is 0 Å². The molecule has 0 heterocycles.